The first-order valence-corrected chi connectivity index (χ1v) is 6.75. The third-order valence-corrected chi connectivity index (χ3v) is 3.52. The van der Waals surface area contributed by atoms with Gasteiger partial charge in [0.15, 0.2) is 0 Å². The van der Waals surface area contributed by atoms with Crippen LogP contribution in [0.4, 0.5) is 4.39 Å². The Morgan fingerprint density at radius 1 is 1.35 bits per heavy atom. The van der Waals surface area contributed by atoms with Gasteiger partial charge in [0, 0.05) is 6.04 Å². The second kappa shape index (κ2) is 5.96. The molecule has 1 unspecified atom stereocenters. The molecule has 0 aromatic heterocycles. The highest BCUT2D eigenvalue weighted by atomic mass is 79.9. The van der Waals surface area contributed by atoms with Crippen LogP contribution < -0.4 is 5.32 Å². The second-order valence-corrected chi connectivity index (χ2v) is 6.47. The molecule has 0 aliphatic heterocycles. The number of halogens is 2. The molecule has 1 atom stereocenters. The van der Waals surface area contributed by atoms with E-state index in [9.17, 15) is 4.39 Å². The summed E-state index contributed by atoms with van der Waals surface area (Å²) in [6, 6.07) is 5.56. The monoisotopic (exact) mass is 301 g/mol. The van der Waals surface area contributed by atoms with Crippen LogP contribution in [0.2, 0.25) is 0 Å². The van der Waals surface area contributed by atoms with Crippen LogP contribution in [0.3, 0.4) is 0 Å². The Balaban J connectivity index is 2.76. The number of nitrogens with one attached hydrogen (secondary N) is 1. The molecular formula is C14H21BrFN. The number of benzene rings is 1. The SMILES string of the molecule is CNC(CCC(C)(C)C)c1ccc(Br)c(F)c1. The maximum atomic E-state index is 13.5. The van der Waals surface area contributed by atoms with Crippen LogP contribution in [-0.4, -0.2) is 7.05 Å². The Morgan fingerprint density at radius 2 is 2.00 bits per heavy atom. The lowest BCUT2D eigenvalue weighted by atomic mass is 9.87. The second-order valence-electron chi connectivity index (χ2n) is 5.61. The van der Waals surface area contributed by atoms with E-state index >= 15 is 0 Å². The van der Waals surface area contributed by atoms with Crippen LogP contribution in [0.15, 0.2) is 22.7 Å². The maximum absolute atomic E-state index is 13.5. The topological polar surface area (TPSA) is 12.0 Å². The average molecular weight is 302 g/mol. The van der Waals surface area contributed by atoms with E-state index in [1.807, 2.05) is 13.1 Å². The Morgan fingerprint density at radius 3 is 2.47 bits per heavy atom. The molecule has 0 spiro atoms. The van der Waals surface area contributed by atoms with Crippen molar-refractivity contribution in [2.75, 3.05) is 7.05 Å². The summed E-state index contributed by atoms with van der Waals surface area (Å²) in [5, 5.41) is 3.26. The molecule has 17 heavy (non-hydrogen) atoms. The summed E-state index contributed by atoms with van der Waals surface area (Å²) in [6.45, 7) is 6.67. The van der Waals surface area contributed by atoms with Gasteiger partial charge in [-0.3, -0.25) is 0 Å². The number of hydrogen-bond acceptors (Lipinski definition) is 1. The van der Waals surface area contributed by atoms with Crippen molar-refractivity contribution >= 4 is 15.9 Å². The summed E-state index contributed by atoms with van der Waals surface area (Å²) in [7, 11) is 1.92. The first kappa shape index (κ1) is 14.7. The van der Waals surface area contributed by atoms with Crippen molar-refractivity contribution < 1.29 is 4.39 Å². The lowest BCUT2D eigenvalue weighted by Gasteiger charge is -2.23. The van der Waals surface area contributed by atoms with E-state index in [2.05, 4.69) is 42.0 Å². The van der Waals surface area contributed by atoms with Gasteiger partial charge in [0.25, 0.3) is 0 Å². The normalized spacial score (nSPS) is 13.8. The molecule has 1 nitrogen and oxygen atoms in total. The van der Waals surface area contributed by atoms with Gasteiger partial charge < -0.3 is 5.32 Å². The summed E-state index contributed by atoms with van der Waals surface area (Å²) in [4.78, 5) is 0. The highest BCUT2D eigenvalue weighted by molar-refractivity contribution is 9.10. The first-order chi connectivity index (χ1) is 7.83. The smallest absolute Gasteiger partial charge is 0.137 e. The molecule has 0 bridgehead atoms. The molecule has 0 radical (unpaired) electrons. The predicted molar refractivity (Wildman–Crippen MR) is 74.6 cm³/mol. The minimum atomic E-state index is -0.196. The summed E-state index contributed by atoms with van der Waals surface area (Å²) in [5.74, 6) is -0.196. The predicted octanol–water partition coefficient (Wildman–Crippen LogP) is 4.68. The Labute approximate surface area is 112 Å². The fourth-order valence-electron chi connectivity index (χ4n) is 1.78. The Kier molecular flexibility index (Phi) is 5.14. The van der Waals surface area contributed by atoms with E-state index < -0.39 is 0 Å². The summed E-state index contributed by atoms with van der Waals surface area (Å²) in [5.41, 5.74) is 1.32. The van der Waals surface area contributed by atoms with Crippen LogP contribution in [0, 0.1) is 11.2 Å². The van der Waals surface area contributed by atoms with Crippen molar-refractivity contribution in [3.8, 4) is 0 Å². The zero-order valence-electron chi connectivity index (χ0n) is 11.0. The molecule has 0 saturated heterocycles. The van der Waals surface area contributed by atoms with Crippen LogP contribution in [0.5, 0.6) is 0 Å². The Hall–Kier alpha value is -0.410. The lowest BCUT2D eigenvalue weighted by molar-refractivity contribution is 0.337. The molecule has 1 rings (SSSR count). The van der Waals surface area contributed by atoms with Gasteiger partial charge >= 0.3 is 0 Å². The molecule has 3 heteroatoms. The number of hydrogen-bond donors (Lipinski definition) is 1. The van der Waals surface area contributed by atoms with E-state index in [-0.39, 0.29) is 11.9 Å². The lowest BCUT2D eigenvalue weighted by Crippen LogP contribution is -2.19. The molecule has 0 saturated carbocycles. The van der Waals surface area contributed by atoms with Crippen molar-refractivity contribution in [1.82, 2.24) is 5.32 Å². The van der Waals surface area contributed by atoms with Crippen molar-refractivity contribution in [2.24, 2.45) is 5.41 Å². The van der Waals surface area contributed by atoms with Crippen molar-refractivity contribution in [3.63, 3.8) is 0 Å². The van der Waals surface area contributed by atoms with Gasteiger partial charge in [0.05, 0.1) is 4.47 Å². The third-order valence-electron chi connectivity index (χ3n) is 2.88. The zero-order chi connectivity index (χ0) is 13.1. The molecule has 0 aliphatic rings. The van der Waals surface area contributed by atoms with Crippen LogP contribution >= 0.6 is 15.9 Å². The molecule has 0 amide bonds. The van der Waals surface area contributed by atoms with Gasteiger partial charge in [-0.15, -0.1) is 0 Å². The minimum Gasteiger partial charge on any atom is -0.313 e. The summed E-state index contributed by atoms with van der Waals surface area (Å²) in [6.07, 6.45) is 2.12. The van der Waals surface area contributed by atoms with Crippen molar-refractivity contribution in [1.29, 1.82) is 0 Å². The fraction of sp³-hybridized carbons (Fsp3) is 0.571. The minimum absolute atomic E-state index is 0.196. The van der Waals surface area contributed by atoms with Gasteiger partial charge in [0.2, 0.25) is 0 Å². The third kappa shape index (κ3) is 4.76. The van der Waals surface area contributed by atoms with E-state index in [0.717, 1.165) is 18.4 Å². The van der Waals surface area contributed by atoms with Gasteiger partial charge in [-0.1, -0.05) is 26.8 Å². The zero-order valence-corrected chi connectivity index (χ0v) is 12.6. The molecule has 1 N–H and O–H groups in total. The Bertz CT molecular complexity index is 371. The van der Waals surface area contributed by atoms with Crippen LogP contribution in [0.1, 0.15) is 45.2 Å². The molecule has 0 fully saturated rings. The maximum Gasteiger partial charge on any atom is 0.137 e. The van der Waals surface area contributed by atoms with E-state index in [1.165, 1.54) is 0 Å². The van der Waals surface area contributed by atoms with E-state index in [1.54, 1.807) is 12.1 Å². The van der Waals surface area contributed by atoms with Crippen LogP contribution in [-0.2, 0) is 0 Å². The van der Waals surface area contributed by atoms with E-state index in [0.29, 0.717) is 9.89 Å². The molecule has 0 heterocycles. The van der Waals surface area contributed by atoms with E-state index in [4.69, 9.17) is 0 Å². The molecule has 1 aromatic carbocycles. The van der Waals surface area contributed by atoms with Crippen molar-refractivity contribution in [3.05, 3.63) is 34.1 Å². The van der Waals surface area contributed by atoms with Gasteiger partial charge in [0.1, 0.15) is 5.82 Å². The first-order valence-electron chi connectivity index (χ1n) is 5.96. The standard InChI is InChI=1S/C14H21BrFN/c1-14(2,3)8-7-13(17-4)10-5-6-11(15)12(16)9-10/h5-6,9,13,17H,7-8H2,1-4H3. The van der Waals surface area contributed by atoms with Crippen LogP contribution in [0.25, 0.3) is 0 Å². The quantitative estimate of drug-likeness (QED) is 0.852. The summed E-state index contributed by atoms with van der Waals surface area (Å²) < 4.78 is 14.0. The van der Waals surface area contributed by atoms with Gasteiger partial charge in [-0.2, -0.15) is 0 Å². The highest BCUT2D eigenvalue weighted by Gasteiger charge is 2.16. The molecule has 96 valence electrons. The average Bonchev–Trinajstić information content (AvgIpc) is 2.22. The fourth-order valence-corrected chi connectivity index (χ4v) is 2.03. The van der Waals surface area contributed by atoms with Gasteiger partial charge in [-0.25, -0.2) is 4.39 Å². The summed E-state index contributed by atoms with van der Waals surface area (Å²) >= 11 is 3.18. The van der Waals surface area contributed by atoms with Gasteiger partial charge in [-0.05, 0) is 58.9 Å². The highest BCUT2D eigenvalue weighted by Crippen LogP contribution is 2.28. The molecule has 0 aliphatic carbocycles. The molecule has 1 aromatic rings. The molecular weight excluding hydrogens is 281 g/mol. The van der Waals surface area contributed by atoms with Crippen molar-refractivity contribution in [2.45, 2.75) is 39.7 Å². The largest absolute Gasteiger partial charge is 0.313 e. The number of rotatable bonds is 4.